The summed E-state index contributed by atoms with van der Waals surface area (Å²) in [6.07, 6.45) is 1.36. The van der Waals surface area contributed by atoms with Gasteiger partial charge in [-0.05, 0) is 49.2 Å². The first-order valence-electron chi connectivity index (χ1n) is 7.75. The van der Waals surface area contributed by atoms with E-state index in [1.54, 1.807) is 12.1 Å². The van der Waals surface area contributed by atoms with Gasteiger partial charge in [0.2, 0.25) is 0 Å². The van der Waals surface area contributed by atoms with E-state index in [0.717, 1.165) is 22.5 Å². The molecule has 5 nitrogen and oxygen atoms in total. The zero-order valence-electron chi connectivity index (χ0n) is 13.9. The number of nitrogens with zero attached hydrogens (tertiary/aromatic N) is 2. The zero-order chi connectivity index (χ0) is 17.8. The Labute approximate surface area is 151 Å². The maximum atomic E-state index is 12.4. The fourth-order valence-corrected chi connectivity index (χ4v) is 2.58. The fourth-order valence-electron chi connectivity index (χ4n) is 2.35. The number of aryl methyl sites for hydroxylation is 2. The third-order valence-corrected chi connectivity index (χ3v) is 3.98. The molecular formula is C19H17ClN4O. The van der Waals surface area contributed by atoms with Gasteiger partial charge in [0.15, 0.2) is 0 Å². The quantitative estimate of drug-likeness (QED) is 0.711. The Hall–Kier alpha value is -2.92. The first-order chi connectivity index (χ1) is 12.0. The topological polar surface area (TPSA) is 66.9 Å². The summed E-state index contributed by atoms with van der Waals surface area (Å²) in [6.45, 7) is 3.88. The predicted octanol–water partition coefficient (Wildman–Crippen LogP) is 4.74. The summed E-state index contributed by atoms with van der Waals surface area (Å²) in [5, 5.41) is 6.71. The molecule has 0 unspecified atom stereocenters. The number of benzene rings is 2. The van der Waals surface area contributed by atoms with Crippen molar-refractivity contribution in [1.82, 2.24) is 9.97 Å². The highest BCUT2D eigenvalue weighted by atomic mass is 35.5. The Kier molecular flexibility index (Phi) is 4.95. The molecule has 3 aromatic rings. The van der Waals surface area contributed by atoms with E-state index >= 15 is 0 Å². The third kappa shape index (κ3) is 4.14. The van der Waals surface area contributed by atoms with Gasteiger partial charge in [0.25, 0.3) is 5.91 Å². The van der Waals surface area contributed by atoms with Crippen molar-refractivity contribution in [2.75, 3.05) is 10.6 Å². The highest BCUT2D eigenvalue weighted by Crippen LogP contribution is 2.23. The number of halogens is 1. The van der Waals surface area contributed by atoms with Crippen molar-refractivity contribution in [3.05, 3.63) is 76.7 Å². The molecule has 0 aliphatic carbocycles. The molecule has 1 amide bonds. The second-order valence-electron chi connectivity index (χ2n) is 5.64. The highest BCUT2D eigenvalue weighted by Gasteiger charge is 2.11. The molecule has 0 fully saturated rings. The maximum Gasteiger partial charge on any atom is 0.274 e. The molecule has 0 atom stereocenters. The van der Waals surface area contributed by atoms with Gasteiger partial charge in [-0.1, -0.05) is 29.8 Å². The van der Waals surface area contributed by atoms with Crippen molar-refractivity contribution in [1.29, 1.82) is 0 Å². The molecule has 2 N–H and O–H groups in total. The molecule has 0 aliphatic heterocycles. The van der Waals surface area contributed by atoms with Crippen LogP contribution in [0.1, 0.15) is 21.6 Å². The van der Waals surface area contributed by atoms with Gasteiger partial charge in [0.1, 0.15) is 17.8 Å². The van der Waals surface area contributed by atoms with Crippen LogP contribution >= 0.6 is 11.6 Å². The monoisotopic (exact) mass is 352 g/mol. The largest absolute Gasteiger partial charge is 0.340 e. The van der Waals surface area contributed by atoms with Crippen LogP contribution in [0.15, 0.2) is 54.9 Å². The average Bonchev–Trinajstić information content (AvgIpc) is 2.60. The molecule has 6 heteroatoms. The Morgan fingerprint density at radius 1 is 0.960 bits per heavy atom. The number of carbonyl (C=O) groups excluding carboxylic acids is 1. The molecule has 0 saturated heterocycles. The highest BCUT2D eigenvalue weighted by molar-refractivity contribution is 6.30. The third-order valence-electron chi connectivity index (χ3n) is 3.74. The number of hydrogen-bond donors (Lipinski definition) is 2. The molecule has 0 aliphatic rings. The lowest BCUT2D eigenvalue weighted by Crippen LogP contribution is -2.15. The van der Waals surface area contributed by atoms with E-state index in [4.69, 9.17) is 11.6 Å². The molecule has 3 rings (SSSR count). The van der Waals surface area contributed by atoms with Crippen molar-refractivity contribution in [3.63, 3.8) is 0 Å². The number of rotatable bonds is 4. The standard InChI is InChI=1S/C19H17ClN4O/c1-12-5-3-4-6-15(12)24-19(25)17-10-18(22-11-21-17)23-16-8-7-14(20)9-13(16)2/h3-11H,1-2H3,(H,24,25)(H,21,22,23). The van der Waals surface area contributed by atoms with Gasteiger partial charge < -0.3 is 10.6 Å². The Morgan fingerprint density at radius 3 is 2.52 bits per heavy atom. The predicted molar refractivity (Wildman–Crippen MR) is 101 cm³/mol. The summed E-state index contributed by atoms with van der Waals surface area (Å²) in [5.41, 5.74) is 3.88. The second kappa shape index (κ2) is 7.32. The molecular weight excluding hydrogens is 336 g/mol. The van der Waals surface area contributed by atoms with Crippen LogP contribution in [0, 0.1) is 13.8 Å². The maximum absolute atomic E-state index is 12.4. The molecule has 0 saturated carbocycles. The summed E-state index contributed by atoms with van der Waals surface area (Å²) in [7, 11) is 0. The van der Waals surface area contributed by atoms with Gasteiger partial charge in [-0.15, -0.1) is 0 Å². The minimum atomic E-state index is -0.285. The summed E-state index contributed by atoms with van der Waals surface area (Å²) < 4.78 is 0. The molecule has 1 aromatic heterocycles. The van der Waals surface area contributed by atoms with Crippen LogP contribution < -0.4 is 10.6 Å². The molecule has 25 heavy (non-hydrogen) atoms. The lowest BCUT2D eigenvalue weighted by Gasteiger charge is -2.11. The minimum absolute atomic E-state index is 0.285. The zero-order valence-corrected chi connectivity index (χ0v) is 14.6. The fraction of sp³-hybridized carbons (Fsp3) is 0.105. The molecule has 0 bridgehead atoms. The SMILES string of the molecule is Cc1ccccc1NC(=O)c1cc(Nc2ccc(Cl)cc2C)ncn1. The molecule has 0 spiro atoms. The van der Waals surface area contributed by atoms with E-state index in [0.29, 0.717) is 10.8 Å². The van der Waals surface area contributed by atoms with E-state index in [2.05, 4.69) is 20.6 Å². The molecule has 1 heterocycles. The van der Waals surface area contributed by atoms with E-state index in [-0.39, 0.29) is 11.6 Å². The first-order valence-corrected chi connectivity index (χ1v) is 8.13. The average molecular weight is 353 g/mol. The Morgan fingerprint density at radius 2 is 1.76 bits per heavy atom. The van der Waals surface area contributed by atoms with Crippen molar-refractivity contribution in [2.45, 2.75) is 13.8 Å². The Bertz CT molecular complexity index is 927. The van der Waals surface area contributed by atoms with E-state index < -0.39 is 0 Å². The summed E-state index contributed by atoms with van der Waals surface area (Å²) in [4.78, 5) is 20.7. The van der Waals surface area contributed by atoms with E-state index in [1.165, 1.54) is 6.33 Å². The molecule has 0 radical (unpaired) electrons. The van der Waals surface area contributed by atoms with E-state index in [1.807, 2.05) is 50.2 Å². The van der Waals surface area contributed by atoms with Crippen molar-refractivity contribution in [2.24, 2.45) is 0 Å². The number of nitrogens with one attached hydrogen (secondary N) is 2. The summed E-state index contributed by atoms with van der Waals surface area (Å²) in [5.74, 6) is 0.253. The normalized spacial score (nSPS) is 10.4. The van der Waals surface area contributed by atoms with E-state index in [9.17, 15) is 4.79 Å². The number of hydrogen-bond acceptors (Lipinski definition) is 4. The van der Waals surface area contributed by atoms with Crippen molar-refractivity contribution >= 4 is 34.7 Å². The number of aromatic nitrogens is 2. The van der Waals surface area contributed by atoms with Crippen LogP contribution in [0.3, 0.4) is 0 Å². The molecule has 126 valence electrons. The second-order valence-corrected chi connectivity index (χ2v) is 6.08. The van der Waals surface area contributed by atoms with Gasteiger partial charge in [-0.25, -0.2) is 9.97 Å². The number of para-hydroxylation sites is 1. The van der Waals surface area contributed by atoms with Crippen LogP contribution in [0.25, 0.3) is 0 Å². The molecule has 2 aromatic carbocycles. The van der Waals surface area contributed by atoms with Crippen LogP contribution in [-0.4, -0.2) is 15.9 Å². The lowest BCUT2D eigenvalue weighted by molar-refractivity contribution is 0.102. The van der Waals surface area contributed by atoms with Crippen molar-refractivity contribution < 1.29 is 4.79 Å². The summed E-state index contributed by atoms with van der Waals surface area (Å²) in [6, 6.07) is 14.7. The van der Waals surface area contributed by atoms with Gasteiger partial charge in [-0.2, -0.15) is 0 Å². The Balaban J connectivity index is 1.79. The van der Waals surface area contributed by atoms with Gasteiger partial charge in [-0.3, -0.25) is 4.79 Å². The van der Waals surface area contributed by atoms with Crippen LogP contribution in [-0.2, 0) is 0 Å². The number of anilines is 3. The minimum Gasteiger partial charge on any atom is -0.340 e. The van der Waals surface area contributed by atoms with Crippen LogP contribution in [0.5, 0.6) is 0 Å². The van der Waals surface area contributed by atoms with Crippen LogP contribution in [0.4, 0.5) is 17.2 Å². The first kappa shape index (κ1) is 16.9. The summed E-state index contributed by atoms with van der Waals surface area (Å²) >= 11 is 5.97. The smallest absolute Gasteiger partial charge is 0.274 e. The lowest BCUT2D eigenvalue weighted by atomic mass is 10.2. The van der Waals surface area contributed by atoms with Gasteiger partial charge in [0, 0.05) is 22.5 Å². The number of amides is 1. The van der Waals surface area contributed by atoms with Crippen molar-refractivity contribution in [3.8, 4) is 0 Å². The van der Waals surface area contributed by atoms with Gasteiger partial charge in [0.05, 0.1) is 0 Å². The number of carbonyl (C=O) groups is 1. The van der Waals surface area contributed by atoms with Gasteiger partial charge >= 0.3 is 0 Å². The van der Waals surface area contributed by atoms with Crippen LogP contribution in [0.2, 0.25) is 5.02 Å².